The predicted molar refractivity (Wildman–Crippen MR) is 110 cm³/mol. The van der Waals surface area contributed by atoms with Crippen molar-refractivity contribution < 1.29 is 9.90 Å². The summed E-state index contributed by atoms with van der Waals surface area (Å²) in [6.45, 7) is 2.18. The maximum absolute atomic E-state index is 13.0. The summed E-state index contributed by atoms with van der Waals surface area (Å²) in [5.41, 5.74) is 1.92. The zero-order chi connectivity index (χ0) is 19.7. The van der Waals surface area contributed by atoms with Crippen molar-refractivity contribution in [3.05, 3.63) is 87.3 Å². The molecule has 4 aromatic rings. The third kappa shape index (κ3) is 3.39. The minimum atomic E-state index is -0.333. The summed E-state index contributed by atoms with van der Waals surface area (Å²) >= 11 is 1.19. The number of amides is 1. The number of carbonyl (C=O) groups excluding carboxylic acids is 1. The van der Waals surface area contributed by atoms with Crippen molar-refractivity contribution in [1.82, 2.24) is 9.55 Å². The van der Waals surface area contributed by atoms with E-state index in [0.29, 0.717) is 32.9 Å². The summed E-state index contributed by atoms with van der Waals surface area (Å²) in [5, 5.41) is 12.8. The Morgan fingerprint density at radius 3 is 2.71 bits per heavy atom. The van der Waals surface area contributed by atoms with Crippen LogP contribution in [0.5, 0.6) is 5.75 Å². The minimum Gasteiger partial charge on any atom is -0.508 e. The molecule has 2 aromatic heterocycles. The number of aromatic nitrogens is 2. The van der Waals surface area contributed by atoms with E-state index in [1.54, 1.807) is 23.6 Å². The number of phenolic OH excluding ortho intramolecular Hbond substituents is 1. The van der Waals surface area contributed by atoms with Gasteiger partial charge in [0.1, 0.15) is 10.6 Å². The van der Waals surface area contributed by atoms with Crippen molar-refractivity contribution in [2.45, 2.75) is 13.5 Å². The number of hydrogen-bond acceptors (Lipinski definition) is 5. The van der Waals surface area contributed by atoms with E-state index in [9.17, 15) is 14.7 Å². The first-order valence-electron chi connectivity index (χ1n) is 8.66. The molecule has 0 unspecified atom stereocenters. The van der Waals surface area contributed by atoms with Crippen LogP contribution in [-0.2, 0) is 6.54 Å². The van der Waals surface area contributed by atoms with Crippen molar-refractivity contribution in [1.29, 1.82) is 0 Å². The highest BCUT2D eigenvalue weighted by Gasteiger charge is 2.19. The van der Waals surface area contributed by atoms with E-state index >= 15 is 0 Å². The molecule has 6 nitrogen and oxygen atoms in total. The van der Waals surface area contributed by atoms with Gasteiger partial charge in [0.2, 0.25) is 0 Å². The van der Waals surface area contributed by atoms with Gasteiger partial charge in [0.15, 0.2) is 0 Å². The third-order valence-electron chi connectivity index (χ3n) is 4.42. The molecule has 140 valence electrons. The number of thiophene rings is 1. The van der Waals surface area contributed by atoms with Crippen LogP contribution in [0.25, 0.3) is 10.2 Å². The molecule has 0 aliphatic carbocycles. The number of nitrogens with one attached hydrogen (secondary N) is 1. The second kappa shape index (κ2) is 7.28. The van der Waals surface area contributed by atoms with E-state index in [1.807, 2.05) is 30.3 Å². The quantitative estimate of drug-likeness (QED) is 0.555. The predicted octanol–water partition coefficient (Wildman–Crippen LogP) is 3.77. The van der Waals surface area contributed by atoms with Crippen LogP contribution in [0.15, 0.2) is 65.7 Å². The van der Waals surface area contributed by atoms with Crippen LogP contribution in [0, 0.1) is 6.92 Å². The summed E-state index contributed by atoms with van der Waals surface area (Å²) in [7, 11) is 0. The molecular formula is C21H17N3O3S. The number of carbonyl (C=O) groups is 1. The highest BCUT2D eigenvalue weighted by atomic mass is 32.1. The fourth-order valence-electron chi connectivity index (χ4n) is 3.04. The monoisotopic (exact) mass is 391 g/mol. The van der Waals surface area contributed by atoms with Crippen LogP contribution in [0.3, 0.4) is 0 Å². The van der Waals surface area contributed by atoms with E-state index in [-0.39, 0.29) is 17.2 Å². The van der Waals surface area contributed by atoms with Gasteiger partial charge in [-0.1, -0.05) is 36.4 Å². The van der Waals surface area contributed by atoms with Gasteiger partial charge in [-0.25, -0.2) is 4.98 Å². The first kappa shape index (κ1) is 17.9. The number of hydrogen-bond donors (Lipinski definition) is 2. The van der Waals surface area contributed by atoms with Crippen molar-refractivity contribution in [2.75, 3.05) is 5.32 Å². The van der Waals surface area contributed by atoms with Crippen molar-refractivity contribution in [3.63, 3.8) is 0 Å². The molecule has 0 aliphatic rings. The van der Waals surface area contributed by atoms with Gasteiger partial charge in [0.05, 0.1) is 23.1 Å². The van der Waals surface area contributed by atoms with Crippen LogP contribution >= 0.6 is 11.3 Å². The fraction of sp³-hybridized carbons (Fsp3) is 0.0952. The van der Waals surface area contributed by atoms with Crippen LogP contribution in [0.1, 0.15) is 20.8 Å². The highest BCUT2D eigenvalue weighted by Crippen LogP contribution is 2.28. The standard InChI is InChI=1S/C21H17N3O3S/c1-13-17-20(22-12-24(21(17)27)11-14-6-3-2-4-7-14)28-18(13)19(26)23-15-8-5-9-16(25)10-15/h2-10,12,25H,11H2,1H3,(H,23,26). The van der Waals surface area contributed by atoms with Gasteiger partial charge in [-0.3, -0.25) is 14.2 Å². The second-order valence-electron chi connectivity index (χ2n) is 6.40. The Hall–Kier alpha value is -3.45. The SMILES string of the molecule is Cc1c(C(=O)Nc2cccc(O)c2)sc2ncn(Cc3ccccc3)c(=O)c12. The molecule has 1 amide bonds. The normalized spacial score (nSPS) is 10.9. The molecule has 0 saturated heterocycles. The van der Waals surface area contributed by atoms with Gasteiger partial charge in [0, 0.05) is 11.8 Å². The molecule has 0 bridgehead atoms. The lowest BCUT2D eigenvalue weighted by atomic mass is 10.2. The molecule has 0 saturated carbocycles. The topological polar surface area (TPSA) is 84.2 Å². The summed E-state index contributed by atoms with van der Waals surface area (Å²) in [6.07, 6.45) is 1.52. The van der Waals surface area contributed by atoms with Gasteiger partial charge < -0.3 is 10.4 Å². The van der Waals surface area contributed by atoms with E-state index in [4.69, 9.17) is 0 Å². The van der Waals surface area contributed by atoms with E-state index in [2.05, 4.69) is 10.3 Å². The lowest BCUT2D eigenvalue weighted by molar-refractivity contribution is 0.103. The Kier molecular flexibility index (Phi) is 4.67. The Balaban J connectivity index is 1.69. The maximum atomic E-state index is 13.0. The number of rotatable bonds is 4. The Labute approximate surface area is 164 Å². The molecule has 7 heteroatoms. The number of fused-ring (bicyclic) bond motifs is 1. The summed E-state index contributed by atoms with van der Waals surface area (Å²) < 4.78 is 1.55. The number of nitrogens with zero attached hydrogens (tertiary/aromatic N) is 2. The molecule has 28 heavy (non-hydrogen) atoms. The van der Waals surface area contributed by atoms with Gasteiger partial charge in [0.25, 0.3) is 11.5 Å². The Bertz CT molecular complexity index is 1230. The molecule has 0 spiro atoms. The molecule has 2 aromatic carbocycles. The number of phenols is 1. The number of aromatic hydroxyl groups is 1. The lowest BCUT2D eigenvalue weighted by Crippen LogP contribution is -2.21. The molecular weight excluding hydrogens is 374 g/mol. The van der Waals surface area contributed by atoms with E-state index in [1.165, 1.54) is 29.8 Å². The fourth-order valence-corrected chi connectivity index (χ4v) is 4.07. The average Bonchev–Trinajstić information content (AvgIpc) is 3.02. The third-order valence-corrected chi connectivity index (χ3v) is 5.62. The van der Waals surface area contributed by atoms with Gasteiger partial charge in [-0.2, -0.15) is 0 Å². The van der Waals surface area contributed by atoms with Crippen LogP contribution < -0.4 is 10.9 Å². The van der Waals surface area contributed by atoms with E-state index in [0.717, 1.165) is 5.56 Å². The summed E-state index contributed by atoms with van der Waals surface area (Å²) in [5.74, 6) is -0.267. The average molecular weight is 391 g/mol. The smallest absolute Gasteiger partial charge is 0.266 e. The Morgan fingerprint density at radius 2 is 1.96 bits per heavy atom. The minimum absolute atomic E-state index is 0.0660. The second-order valence-corrected chi connectivity index (χ2v) is 7.40. The van der Waals surface area contributed by atoms with Gasteiger partial charge in [-0.15, -0.1) is 11.3 Å². The molecule has 2 heterocycles. The molecule has 0 atom stereocenters. The first-order valence-corrected chi connectivity index (χ1v) is 9.47. The molecule has 0 aliphatic heterocycles. The zero-order valence-electron chi connectivity index (χ0n) is 15.0. The number of benzene rings is 2. The van der Waals surface area contributed by atoms with Crippen LogP contribution in [0.4, 0.5) is 5.69 Å². The van der Waals surface area contributed by atoms with Crippen molar-refractivity contribution in [3.8, 4) is 5.75 Å². The summed E-state index contributed by atoms with van der Waals surface area (Å²) in [4.78, 5) is 31.0. The van der Waals surface area contributed by atoms with Gasteiger partial charge >= 0.3 is 0 Å². The van der Waals surface area contributed by atoms with Crippen LogP contribution in [0.2, 0.25) is 0 Å². The van der Waals surface area contributed by atoms with Crippen LogP contribution in [-0.4, -0.2) is 20.6 Å². The lowest BCUT2D eigenvalue weighted by Gasteiger charge is -2.06. The van der Waals surface area contributed by atoms with Crippen molar-refractivity contribution >= 4 is 33.1 Å². The number of anilines is 1. The Morgan fingerprint density at radius 1 is 1.18 bits per heavy atom. The largest absolute Gasteiger partial charge is 0.508 e. The molecule has 0 radical (unpaired) electrons. The van der Waals surface area contributed by atoms with Gasteiger partial charge in [-0.05, 0) is 30.2 Å². The number of aryl methyl sites for hydroxylation is 1. The summed E-state index contributed by atoms with van der Waals surface area (Å²) in [6, 6.07) is 16.0. The maximum Gasteiger partial charge on any atom is 0.266 e. The molecule has 4 rings (SSSR count). The molecule has 0 fully saturated rings. The highest BCUT2D eigenvalue weighted by molar-refractivity contribution is 7.20. The molecule has 2 N–H and O–H groups in total. The van der Waals surface area contributed by atoms with Crippen molar-refractivity contribution in [2.24, 2.45) is 0 Å². The van der Waals surface area contributed by atoms with E-state index < -0.39 is 0 Å². The zero-order valence-corrected chi connectivity index (χ0v) is 15.9. The first-order chi connectivity index (χ1) is 13.5.